The van der Waals surface area contributed by atoms with Gasteiger partial charge in [-0.05, 0) is 33.8 Å². The maximum absolute atomic E-state index is 13.9. The number of nitrogens with zero attached hydrogens (tertiary/aromatic N) is 1. The molecule has 1 aliphatic heterocycles. The summed E-state index contributed by atoms with van der Waals surface area (Å²) in [6, 6.07) is 2.96. The lowest BCUT2D eigenvalue weighted by Gasteiger charge is -2.32. The summed E-state index contributed by atoms with van der Waals surface area (Å²) in [4.78, 5) is 12.7. The number of carbonyl (C=O) groups is 1. The topological polar surface area (TPSA) is 98.1 Å². The molecular formula is C21H27BF2N2O6S. The van der Waals surface area contributed by atoms with E-state index in [2.05, 4.69) is 5.32 Å². The molecule has 1 aromatic heterocycles. The molecule has 4 rings (SSSR count). The van der Waals surface area contributed by atoms with Crippen molar-refractivity contribution in [1.82, 2.24) is 5.32 Å². The van der Waals surface area contributed by atoms with Crippen molar-refractivity contribution in [2.75, 3.05) is 24.7 Å². The summed E-state index contributed by atoms with van der Waals surface area (Å²) in [6.45, 7) is 7.41. The Labute approximate surface area is 191 Å². The van der Waals surface area contributed by atoms with Gasteiger partial charge in [-0.3, -0.25) is 9.10 Å². The molecule has 2 aliphatic rings. The predicted octanol–water partition coefficient (Wildman–Crippen LogP) is 2.61. The van der Waals surface area contributed by atoms with Gasteiger partial charge in [0.1, 0.15) is 11.3 Å². The Kier molecular flexibility index (Phi) is 5.20. The second-order valence-electron chi connectivity index (χ2n) is 9.66. The van der Waals surface area contributed by atoms with Crippen molar-refractivity contribution in [1.29, 1.82) is 0 Å². The van der Waals surface area contributed by atoms with E-state index < -0.39 is 52.5 Å². The lowest BCUT2D eigenvalue weighted by molar-refractivity contribution is 0.00578. The van der Waals surface area contributed by atoms with E-state index in [9.17, 15) is 22.0 Å². The van der Waals surface area contributed by atoms with Crippen molar-refractivity contribution in [3.05, 3.63) is 23.5 Å². The molecule has 0 bridgehead atoms. The van der Waals surface area contributed by atoms with Gasteiger partial charge in [-0.1, -0.05) is 0 Å². The molecule has 33 heavy (non-hydrogen) atoms. The lowest BCUT2D eigenvalue weighted by atomic mass is 9.77. The van der Waals surface area contributed by atoms with Crippen LogP contribution in [0.3, 0.4) is 0 Å². The van der Waals surface area contributed by atoms with Crippen molar-refractivity contribution < 1.29 is 35.7 Å². The largest absolute Gasteiger partial charge is 0.497 e. The Morgan fingerprint density at radius 3 is 2.18 bits per heavy atom. The minimum atomic E-state index is -3.70. The fraction of sp³-hybridized carbons (Fsp3) is 0.571. The van der Waals surface area contributed by atoms with Gasteiger partial charge in [-0.15, -0.1) is 0 Å². The van der Waals surface area contributed by atoms with Crippen LogP contribution in [-0.4, -0.2) is 58.9 Å². The molecule has 180 valence electrons. The number of sulfonamides is 1. The van der Waals surface area contributed by atoms with Gasteiger partial charge in [0, 0.05) is 37.4 Å². The zero-order valence-corrected chi connectivity index (χ0v) is 20.4. The summed E-state index contributed by atoms with van der Waals surface area (Å²) in [5.41, 5.74) is -0.758. The third-order valence-corrected chi connectivity index (χ3v) is 8.00. The van der Waals surface area contributed by atoms with Crippen LogP contribution in [0.1, 0.15) is 56.2 Å². The fourth-order valence-corrected chi connectivity index (χ4v) is 4.40. The molecule has 2 aromatic rings. The number of amides is 1. The van der Waals surface area contributed by atoms with Crippen LogP contribution >= 0.6 is 0 Å². The third kappa shape index (κ3) is 3.81. The monoisotopic (exact) mass is 484 g/mol. The number of fused-ring (bicyclic) bond motifs is 1. The van der Waals surface area contributed by atoms with E-state index in [4.69, 9.17) is 13.7 Å². The van der Waals surface area contributed by atoms with E-state index >= 15 is 0 Å². The first-order chi connectivity index (χ1) is 15.0. The molecule has 2 fully saturated rings. The zero-order chi connectivity index (χ0) is 24.7. The summed E-state index contributed by atoms with van der Waals surface area (Å²) in [5, 5.41) is 2.75. The molecule has 0 radical (unpaired) electrons. The van der Waals surface area contributed by atoms with Gasteiger partial charge >= 0.3 is 7.12 Å². The smallest absolute Gasteiger partial charge is 0.460 e. The quantitative estimate of drug-likeness (QED) is 0.656. The molecule has 0 spiro atoms. The number of hydrogen-bond acceptors (Lipinski definition) is 6. The predicted molar refractivity (Wildman–Crippen MR) is 121 cm³/mol. The Morgan fingerprint density at radius 1 is 1.18 bits per heavy atom. The number of rotatable bonds is 5. The highest BCUT2D eigenvalue weighted by Gasteiger charge is 2.61. The first-order valence-electron chi connectivity index (χ1n) is 10.5. The number of benzene rings is 1. The molecule has 1 amide bonds. The van der Waals surface area contributed by atoms with E-state index in [1.54, 1.807) is 0 Å². The molecule has 8 nitrogen and oxygen atoms in total. The minimum absolute atomic E-state index is 0.000927. The van der Waals surface area contributed by atoms with Gasteiger partial charge in [-0.2, -0.15) is 0 Å². The van der Waals surface area contributed by atoms with E-state index in [0.717, 1.165) is 10.6 Å². The van der Waals surface area contributed by atoms with Crippen LogP contribution in [0.2, 0.25) is 0 Å². The maximum Gasteiger partial charge on any atom is 0.497 e. The second-order valence-corrected chi connectivity index (χ2v) is 11.7. The van der Waals surface area contributed by atoms with Crippen LogP contribution in [0.4, 0.5) is 14.5 Å². The van der Waals surface area contributed by atoms with Crippen molar-refractivity contribution >= 4 is 45.2 Å². The highest BCUT2D eigenvalue weighted by atomic mass is 32.2. The number of furan rings is 1. The first-order valence-corrected chi connectivity index (χ1v) is 12.3. The van der Waals surface area contributed by atoms with Crippen molar-refractivity contribution in [3.8, 4) is 0 Å². The van der Waals surface area contributed by atoms with Gasteiger partial charge < -0.3 is 19.0 Å². The molecule has 12 heteroatoms. The van der Waals surface area contributed by atoms with Gasteiger partial charge in [0.2, 0.25) is 10.0 Å². The summed E-state index contributed by atoms with van der Waals surface area (Å²) < 4.78 is 71.6. The SMILES string of the molecule is CNC(=O)c1c(C2CC2(F)F)oc2cc(N(C)S(C)(=O)=O)c(B3OC(C)(C)C(C)(C)O3)cc12. The summed E-state index contributed by atoms with van der Waals surface area (Å²) in [7, 11) is -1.90. The average Bonchev–Trinajstić information content (AvgIpc) is 3.06. The molecule has 1 unspecified atom stereocenters. The summed E-state index contributed by atoms with van der Waals surface area (Å²) in [5.74, 6) is -4.87. The number of halogens is 2. The van der Waals surface area contributed by atoms with E-state index in [0.29, 0.717) is 5.46 Å². The van der Waals surface area contributed by atoms with Crippen LogP contribution in [-0.2, 0) is 19.3 Å². The Morgan fingerprint density at radius 2 is 1.73 bits per heavy atom. The van der Waals surface area contributed by atoms with Gasteiger partial charge in [-0.25, -0.2) is 17.2 Å². The Hall–Kier alpha value is -2.18. The maximum atomic E-state index is 13.9. The number of alkyl halides is 2. The lowest BCUT2D eigenvalue weighted by Crippen LogP contribution is -2.41. The molecule has 1 aromatic carbocycles. The van der Waals surface area contributed by atoms with Crippen LogP contribution in [0.15, 0.2) is 16.5 Å². The van der Waals surface area contributed by atoms with Crippen LogP contribution < -0.4 is 15.1 Å². The molecule has 1 N–H and O–H groups in total. The first kappa shape index (κ1) is 24.0. The fourth-order valence-electron chi connectivity index (χ4n) is 3.88. The zero-order valence-electron chi connectivity index (χ0n) is 19.6. The van der Waals surface area contributed by atoms with Crippen LogP contribution in [0, 0.1) is 0 Å². The van der Waals surface area contributed by atoms with Crippen molar-refractivity contribution in [2.24, 2.45) is 0 Å². The Balaban J connectivity index is 1.98. The molecule has 1 aliphatic carbocycles. The van der Waals surface area contributed by atoms with Crippen molar-refractivity contribution in [3.63, 3.8) is 0 Å². The summed E-state index contributed by atoms with van der Waals surface area (Å²) >= 11 is 0. The second kappa shape index (κ2) is 7.16. The van der Waals surface area contributed by atoms with E-state index in [1.807, 2.05) is 27.7 Å². The normalized spacial score (nSPS) is 23.1. The van der Waals surface area contributed by atoms with Crippen LogP contribution in [0.5, 0.6) is 0 Å². The molecule has 1 atom stereocenters. The molecule has 1 saturated heterocycles. The highest BCUT2D eigenvalue weighted by molar-refractivity contribution is 7.92. The summed E-state index contributed by atoms with van der Waals surface area (Å²) in [6.07, 6.45) is 0.622. The average molecular weight is 484 g/mol. The molecular weight excluding hydrogens is 457 g/mol. The Bertz CT molecular complexity index is 1240. The van der Waals surface area contributed by atoms with Gasteiger partial charge in [0.25, 0.3) is 11.8 Å². The van der Waals surface area contributed by atoms with Gasteiger partial charge in [0.15, 0.2) is 0 Å². The highest BCUT2D eigenvalue weighted by Crippen LogP contribution is 2.57. The van der Waals surface area contributed by atoms with E-state index in [1.165, 1.54) is 26.2 Å². The molecule has 1 saturated carbocycles. The number of hydrogen-bond donors (Lipinski definition) is 1. The molecule has 2 heterocycles. The number of anilines is 1. The van der Waals surface area contributed by atoms with Crippen LogP contribution in [0.25, 0.3) is 11.0 Å². The third-order valence-electron chi connectivity index (χ3n) is 6.81. The van der Waals surface area contributed by atoms with Gasteiger partial charge in [0.05, 0.1) is 34.6 Å². The minimum Gasteiger partial charge on any atom is -0.460 e. The number of nitrogens with one attached hydrogen (secondary N) is 1. The van der Waals surface area contributed by atoms with E-state index in [-0.39, 0.29) is 28.0 Å². The standard InChI is InChI=1S/C21H27BF2N2O6S/c1-19(2)20(3,4)32-22(31-19)13-8-11-15(9-14(13)26(6)33(7,28)29)30-17(12-10-21(12,23)24)16(11)18(27)25-5/h8-9,12H,10H2,1-7H3,(H,25,27). The van der Waals surface area contributed by atoms with Crippen molar-refractivity contribution in [2.45, 2.75) is 57.2 Å². The number of carbonyl (C=O) groups excluding carboxylic acids is 1.